The molecule has 0 amide bonds. The van der Waals surface area contributed by atoms with Gasteiger partial charge in [-0.25, -0.2) is 0 Å². The van der Waals surface area contributed by atoms with Crippen molar-refractivity contribution in [2.45, 2.75) is 19.2 Å². The van der Waals surface area contributed by atoms with Crippen LogP contribution in [-0.2, 0) is 16.8 Å². The van der Waals surface area contributed by atoms with Gasteiger partial charge in [0.25, 0.3) is 0 Å². The zero-order valence-electron chi connectivity index (χ0n) is 8.96. The van der Waals surface area contributed by atoms with E-state index in [1.807, 2.05) is 0 Å². The van der Waals surface area contributed by atoms with Crippen LogP contribution in [-0.4, -0.2) is 22.0 Å². The van der Waals surface area contributed by atoms with Gasteiger partial charge in [0, 0.05) is 16.8 Å². The molecule has 0 fully saturated rings. The Kier molecular flexibility index (Phi) is 8.20. The van der Waals surface area contributed by atoms with Gasteiger partial charge in [-0.05, 0) is 18.8 Å². The first-order chi connectivity index (χ1) is 6.38. The molecular weight excluding hydrogens is 211 g/mol. The molecular formula is C10H17B3Co. The van der Waals surface area contributed by atoms with Gasteiger partial charge < -0.3 is 0 Å². The number of rotatable bonds is 6. The molecule has 0 spiro atoms. The van der Waals surface area contributed by atoms with Crippen molar-refractivity contribution in [2.24, 2.45) is 5.92 Å². The van der Waals surface area contributed by atoms with Gasteiger partial charge in [0.05, 0.1) is 22.0 Å². The summed E-state index contributed by atoms with van der Waals surface area (Å²) in [5.74, 6) is 0.757. The summed E-state index contributed by atoms with van der Waals surface area (Å²) in [6.07, 6.45) is 12.4. The van der Waals surface area contributed by atoms with Gasteiger partial charge in [-0.2, -0.15) is 0 Å². The molecule has 0 heterocycles. The molecule has 4 heteroatoms. The first-order valence-corrected chi connectivity index (χ1v) is 5.35. The fraction of sp³-hybridized carbons (Fsp3) is 0.400. The predicted octanol–water partition coefficient (Wildman–Crippen LogP) is 0.817. The van der Waals surface area contributed by atoms with Crippen molar-refractivity contribution in [1.29, 1.82) is 0 Å². The van der Waals surface area contributed by atoms with Gasteiger partial charge in [0.1, 0.15) is 0 Å². The Hall–Kier alpha value is -0.0787. The molecule has 0 saturated carbocycles. The van der Waals surface area contributed by atoms with Crippen molar-refractivity contribution < 1.29 is 16.8 Å². The van der Waals surface area contributed by atoms with Crippen molar-refractivity contribution in [1.82, 2.24) is 0 Å². The molecule has 1 aliphatic carbocycles. The Bertz CT molecular complexity index is 223. The molecule has 1 atom stereocenters. The molecule has 0 N–H and O–H groups in total. The third kappa shape index (κ3) is 4.43. The van der Waals surface area contributed by atoms with Gasteiger partial charge in [0.2, 0.25) is 0 Å². The van der Waals surface area contributed by atoms with E-state index in [0.717, 1.165) is 12.3 Å². The largest absolute Gasteiger partial charge is 0.103 e. The van der Waals surface area contributed by atoms with Gasteiger partial charge in [-0.15, -0.1) is 6.58 Å². The second-order valence-electron chi connectivity index (χ2n) is 3.74. The second-order valence-corrected chi connectivity index (χ2v) is 3.74. The van der Waals surface area contributed by atoms with Crippen LogP contribution in [0.4, 0.5) is 0 Å². The van der Waals surface area contributed by atoms with Crippen LogP contribution in [0, 0.1) is 5.92 Å². The van der Waals surface area contributed by atoms with Crippen LogP contribution in [0.5, 0.6) is 0 Å². The van der Waals surface area contributed by atoms with E-state index in [1.165, 1.54) is 27.0 Å². The first-order valence-electron chi connectivity index (χ1n) is 5.35. The van der Waals surface area contributed by atoms with Crippen LogP contribution < -0.4 is 0 Å². The standard InChI is InChI=1S/C10H17B3.Co/c1-2-5-10(8-12-13-11)9-6-3-4-7-9;/h2-4,6,10,12-13H,1,5,7-8,11H2;. The first kappa shape index (κ1) is 13.9. The molecule has 1 unspecified atom stereocenters. The molecule has 0 aliphatic heterocycles. The van der Waals surface area contributed by atoms with Crippen LogP contribution in [0.1, 0.15) is 12.8 Å². The minimum Gasteiger partial charge on any atom is -0.103 e. The molecule has 0 saturated heterocycles. The summed E-state index contributed by atoms with van der Waals surface area (Å²) in [7, 11) is 4.90. The fourth-order valence-corrected chi connectivity index (χ4v) is 1.87. The van der Waals surface area contributed by atoms with Crippen LogP contribution in [0.2, 0.25) is 6.32 Å². The summed E-state index contributed by atoms with van der Waals surface area (Å²) in [5, 5.41) is 0. The molecule has 14 heavy (non-hydrogen) atoms. The monoisotopic (exact) mass is 229 g/mol. The van der Waals surface area contributed by atoms with E-state index in [2.05, 4.69) is 38.6 Å². The van der Waals surface area contributed by atoms with Gasteiger partial charge in [-0.1, -0.05) is 36.2 Å². The Balaban J connectivity index is 0.00000169. The second kappa shape index (κ2) is 8.25. The summed E-state index contributed by atoms with van der Waals surface area (Å²) in [5.41, 5.74) is 1.60. The Morgan fingerprint density at radius 2 is 2.43 bits per heavy atom. The molecule has 1 rings (SSSR count). The van der Waals surface area contributed by atoms with E-state index in [-0.39, 0.29) is 16.8 Å². The maximum atomic E-state index is 3.83. The normalized spacial score (nSPS) is 15.3. The molecule has 1 aliphatic rings. The molecule has 0 bridgehead atoms. The number of hydrogen-bond donors (Lipinski definition) is 0. The van der Waals surface area contributed by atoms with Crippen LogP contribution in [0.15, 0.2) is 36.5 Å². The third-order valence-corrected chi connectivity index (χ3v) is 2.68. The maximum Gasteiger partial charge on any atom is 0.0787 e. The summed E-state index contributed by atoms with van der Waals surface area (Å²) in [6, 6.07) is 0. The minimum atomic E-state index is 0. The van der Waals surface area contributed by atoms with E-state index >= 15 is 0 Å². The number of allylic oxidation sites excluding steroid dienone is 5. The van der Waals surface area contributed by atoms with Crippen molar-refractivity contribution in [3.8, 4) is 0 Å². The molecule has 1 radical (unpaired) electrons. The van der Waals surface area contributed by atoms with Gasteiger partial charge in [0.15, 0.2) is 0 Å². The quantitative estimate of drug-likeness (QED) is 0.466. The van der Waals surface area contributed by atoms with Crippen molar-refractivity contribution in [3.05, 3.63) is 36.5 Å². The van der Waals surface area contributed by atoms with E-state index in [1.54, 1.807) is 5.57 Å². The minimum absolute atomic E-state index is 0. The van der Waals surface area contributed by atoms with Crippen LogP contribution in [0.25, 0.3) is 0 Å². The van der Waals surface area contributed by atoms with Gasteiger partial charge in [-0.3, -0.25) is 0 Å². The average Bonchev–Trinajstić information content (AvgIpc) is 2.65. The van der Waals surface area contributed by atoms with Crippen molar-refractivity contribution in [2.75, 3.05) is 0 Å². The molecule has 0 aromatic heterocycles. The summed E-state index contributed by atoms with van der Waals surface area (Å²) >= 11 is 0. The zero-order valence-corrected chi connectivity index (χ0v) is 10.0. The van der Waals surface area contributed by atoms with Crippen LogP contribution in [0.3, 0.4) is 0 Å². The molecule has 0 aromatic carbocycles. The predicted molar refractivity (Wildman–Crippen MR) is 67.8 cm³/mol. The summed E-state index contributed by atoms with van der Waals surface area (Å²) in [6.45, 7) is 3.83. The zero-order chi connectivity index (χ0) is 9.52. The smallest absolute Gasteiger partial charge is 0.0787 e. The van der Waals surface area contributed by atoms with Gasteiger partial charge >= 0.3 is 0 Å². The number of hydrogen-bond acceptors (Lipinski definition) is 0. The van der Waals surface area contributed by atoms with Crippen molar-refractivity contribution >= 4 is 22.0 Å². The van der Waals surface area contributed by atoms with E-state index in [9.17, 15) is 0 Å². The van der Waals surface area contributed by atoms with Crippen LogP contribution >= 0.6 is 0 Å². The van der Waals surface area contributed by atoms with E-state index in [0.29, 0.717) is 0 Å². The summed E-state index contributed by atoms with van der Waals surface area (Å²) in [4.78, 5) is 0. The SMILES string of the molecule is BBBCC(CC=C)C1=CC=CC1.[Co]. The average molecular weight is 229 g/mol. The maximum absolute atomic E-state index is 3.83. The molecule has 0 nitrogen and oxygen atoms in total. The third-order valence-electron chi connectivity index (χ3n) is 2.68. The molecule has 0 aromatic rings. The summed E-state index contributed by atoms with van der Waals surface area (Å²) < 4.78 is 0. The molecule has 75 valence electrons. The fourth-order valence-electron chi connectivity index (χ4n) is 1.87. The van der Waals surface area contributed by atoms with E-state index < -0.39 is 0 Å². The van der Waals surface area contributed by atoms with E-state index in [4.69, 9.17) is 0 Å². The Morgan fingerprint density at radius 1 is 1.64 bits per heavy atom. The topological polar surface area (TPSA) is 0 Å². The Morgan fingerprint density at radius 3 is 2.93 bits per heavy atom. The van der Waals surface area contributed by atoms with Crippen molar-refractivity contribution in [3.63, 3.8) is 0 Å². The Labute approximate surface area is 100 Å².